The Hall–Kier alpha value is -0.720. The highest BCUT2D eigenvalue weighted by atomic mass is 31.3. The first kappa shape index (κ1) is 15.3. The molecule has 9 nitrogen and oxygen atoms in total. The average molecular weight is 276 g/mol. The van der Waals surface area contributed by atoms with Gasteiger partial charge >= 0.3 is 27.6 Å². The maximum absolute atomic E-state index is 11.5. The summed E-state index contributed by atoms with van der Waals surface area (Å²) in [6.07, 6.45) is 0. The van der Waals surface area contributed by atoms with Gasteiger partial charge in [-0.1, -0.05) is 0 Å². The van der Waals surface area contributed by atoms with E-state index in [-0.39, 0.29) is 0 Å². The minimum atomic E-state index is -4.81. The van der Waals surface area contributed by atoms with Crippen LogP contribution in [0.3, 0.4) is 0 Å². The number of carbonyl (C=O) groups excluding carboxylic acids is 2. The molecule has 0 spiro atoms. The number of hydrogen-bond acceptors (Lipinski definition) is 8. The zero-order valence-corrected chi connectivity index (χ0v) is 10.4. The van der Waals surface area contributed by atoms with Gasteiger partial charge in [-0.2, -0.15) is 4.31 Å². The Morgan fingerprint density at radius 3 is 1.69 bits per heavy atom. The van der Waals surface area contributed by atoms with Crippen LogP contribution in [0.15, 0.2) is 0 Å². The lowest BCUT2D eigenvalue weighted by Crippen LogP contribution is -2.06. The van der Waals surface area contributed by atoms with E-state index < -0.39 is 27.6 Å². The first-order valence-electron chi connectivity index (χ1n) is 3.70. The highest BCUT2D eigenvalue weighted by molar-refractivity contribution is 7.62. The lowest BCUT2D eigenvalue weighted by Gasteiger charge is -2.16. The van der Waals surface area contributed by atoms with Crippen LogP contribution in [0.1, 0.15) is 13.8 Å². The molecule has 0 aromatic heterocycles. The largest absolute Gasteiger partial charge is 0.601 e. The Labute approximate surface area is 90.9 Å². The van der Waals surface area contributed by atoms with Crippen LogP contribution in [0, 0.1) is 0 Å². The van der Waals surface area contributed by atoms with Gasteiger partial charge in [0.1, 0.15) is 0 Å². The predicted octanol–water partition coefficient (Wildman–Crippen LogP) is 0.984. The van der Waals surface area contributed by atoms with Gasteiger partial charge in [-0.05, 0) is 0 Å². The molecular weight excluding hydrogens is 266 g/mol. The van der Waals surface area contributed by atoms with Crippen LogP contribution in [0.4, 0.5) is 0 Å². The van der Waals surface area contributed by atoms with E-state index in [0.717, 1.165) is 21.0 Å². The average Bonchev–Trinajstić information content (AvgIpc) is 1.98. The molecule has 0 amide bonds. The standard InChI is InChI=1S/C5H10O9P2/c1-4(6)12-16(10,13-5(2)7)14-15(8,9)11-3/h1-3H3,(H,8,9). The molecule has 0 saturated carbocycles. The van der Waals surface area contributed by atoms with Crippen molar-refractivity contribution >= 4 is 27.6 Å². The first-order valence-corrected chi connectivity index (χ1v) is 6.66. The predicted molar refractivity (Wildman–Crippen MR) is 49.1 cm³/mol. The second kappa shape index (κ2) is 5.56. The zero-order valence-electron chi connectivity index (χ0n) is 8.61. The minimum Gasteiger partial charge on any atom is -0.361 e. The highest BCUT2D eigenvalue weighted by Crippen LogP contribution is 2.63. The lowest BCUT2D eigenvalue weighted by molar-refractivity contribution is -0.137. The Kier molecular flexibility index (Phi) is 5.31. The molecule has 0 rings (SSSR count). The molecule has 16 heavy (non-hydrogen) atoms. The zero-order chi connectivity index (χ0) is 13.0. The third kappa shape index (κ3) is 5.99. The Morgan fingerprint density at radius 2 is 1.44 bits per heavy atom. The van der Waals surface area contributed by atoms with Crippen LogP contribution >= 0.6 is 15.6 Å². The second-order valence-electron chi connectivity index (χ2n) is 2.35. The van der Waals surface area contributed by atoms with Crippen LogP contribution in [-0.2, 0) is 36.6 Å². The van der Waals surface area contributed by atoms with Crippen molar-refractivity contribution in [1.29, 1.82) is 0 Å². The number of phosphoric ester groups is 2. The summed E-state index contributed by atoms with van der Waals surface area (Å²) < 4.78 is 38.3. The van der Waals surface area contributed by atoms with E-state index in [2.05, 4.69) is 17.9 Å². The molecule has 94 valence electrons. The summed E-state index contributed by atoms with van der Waals surface area (Å²) in [6.45, 7) is 1.68. The molecule has 0 fully saturated rings. The van der Waals surface area contributed by atoms with Crippen LogP contribution in [0.25, 0.3) is 0 Å². The van der Waals surface area contributed by atoms with Gasteiger partial charge in [-0.25, -0.2) is 9.13 Å². The van der Waals surface area contributed by atoms with Crippen molar-refractivity contribution < 1.29 is 41.5 Å². The van der Waals surface area contributed by atoms with E-state index in [1.165, 1.54) is 0 Å². The fraction of sp³-hybridized carbons (Fsp3) is 0.600. The van der Waals surface area contributed by atoms with Gasteiger partial charge in [0.2, 0.25) is 0 Å². The number of rotatable bonds is 5. The Balaban J connectivity index is 4.94. The molecule has 1 N–H and O–H groups in total. The van der Waals surface area contributed by atoms with Gasteiger partial charge in [-0.3, -0.25) is 14.1 Å². The molecule has 11 heteroatoms. The van der Waals surface area contributed by atoms with E-state index >= 15 is 0 Å². The number of carbonyl (C=O) groups is 2. The third-order valence-electron chi connectivity index (χ3n) is 0.915. The van der Waals surface area contributed by atoms with Crippen molar-refractivity contribution in [2.24, 2.45) is 0 Å². The SMILES string of the molecule is COP(=O)(O)OP(=O)(OC(C)=O)OC(C)=O. The van der Waals surface area contributed by atoms with E-state index in [0.29, 0.717) is 0 Å². The van der Waals surface area contributed by atoms with Crippen molar-refractivity contribution in [2.45, 2.75) is 13.8 Å². The summed E-state index contributed by atoms with van der Waals surface area (Å²) in [5, 5.41) is 0. The van der Waals surface area contributed by atoms with Gasteiger partial charge < -0.3 is 13.9 Å². The van der Waals surface area contributed by atoms with Crippen LogP contribution in [-0.4, -0.2) is 23.9 Å². The molecule has 0 aliphatic carbocycles. The van der Waals surface area contributed by atoms with Crippen molar-refractivity contribution in [3.05, 3.63) is 0 Å². The molecule has 0 heterocycles. The van der Waals surface area contributed by atoms with Crippen LogP contribution in [0.5, 0.6) is 0 Å². The molecule has 1 atom stereocenters. The van der Waals surface area contributed by atoms with Crippen molar-refractivity contribution in [1.82, 2.24) is 0 Å². The van der Waals surface area contributed by atoms with E-state index in [1.54, 1.807) is 0 Å². The van der Waals surface area contributed by atoms with Crippen molar-refractivity contribution in [3.8, 4) is 0 Å². The fourth-order valence-electron chi connectivity index (χ4n) is 0.527. The van der Waals surface area contributed by atoms with Gasteiger partial charge in [0.05, 0.1) is 0 Å². The van der Waals surface area contributed by atoms with Gasteiger partial charge in [-0.15, -0.1) is 0 Å². The van der Waals surface area contributed by atoms with Crippen molar-refractivity contribution in [2.75, 3.05) is 7.11 Å². The summed E-state index contributed by atoms with van der Waals surface area (Å²) in [7, 11) is -8.75. The molecule has 0 radical (unpaired) electrons. The summed E-state index contributed by atoms with van der Waals surface area (Å²) in [5.74, 6) is -2.25. The number of hydrogen-bond donors (Lipinski definition) is 1. The second-order valence-corrected chi connectivity index (χ2v) is 5.56. The normalized spacial score (nSPS) is 15.0. The highest BCUT2D eigenvalue weighted by Gasteiger charge is 2.42. The summed E-state index contributed by atoms with van der Waals surface area (Å²) in [4.78, 5) is 29.9. The smallest absolute Gasteiger partial charge is 0.361 e. The molecule has 1 unspecified atom stereocenters. The minimum absolute atomic E-state index is 0.784. The van der Waals surface area contributed by atoms with Crippen molar-refractivity contribution in [3.63, 3.8) is 0 Å². The van der Waals surface area contributed by atoms with E-state index in [1.807, 2.05) is 0 Å². The van der Waals surface area contributed by atoms with Crippen LogP contribution in [0.2, 0.25) is 0 Å². The summed E-state index contributed by atoms with van der Waals surface area (Å²) in [5.41, 5.74) is 0. The first-order chi connectivity index (χ1) is 7.10. The fourth-order valence-corrected chi connectivity index (χ4v) is 2.74. The Morgan fingerprint density at radius 1 is 1.06 bits per heavy atom. The van der Waals surface area contributed by atoms with E-state index in [9.17, 15) is 18.7 Å². The monoisotopic (exact) mass is 276 g/mol. The maximum atomic E-state index is 11.5. The molecule has 0 aromatic carbocycles. The van der Waals surface area contributed by atoms with Gasteiger partial charge in [0.15, 0.2) is 0 Å². The molecule has 0 bridgehead atoms. The molecule has 0 aliphatic heterocycles. The summed E-state index contributed by atoms with van der Waals surface area (Å²) in [6, 6.07) is 0. The molecular formula is C5H10O9P2. The number of phosphoric acid groups is 2. The van der Waals surface area contributed by atoms with Gasteiger partial charge in [0.25, 0.3) is 0 Å². The quantitative estimate of drug-likeness (QED) is 0.731. The summed E-state index contributed by atoms with van der Waals surface area (Å²) >= 11 is 0. The topological polar surface area (TPSA) is 125 Å². The molecule has 0 aliphatic rings. The molecule has 0 aromatic rings. The lowest BCUT2D eigenvalue weighted by atomic mass is 10.9. The Bertz CT molecular complexity index is 354. The van der Waals surface area contributed by atoms with Crippen LogP contribution < -0.4 is 0 Å². The third-order valence-corrected chi connectivity index (χ3v) is 3.96. The van der Waals surface area contributed by atoms with E-state index in [4.69, 9.17) is 4.89 Å². The molecule has 0 saturated heterocycles. The van der Waals surface area contributed by atoms with Gasteiger partial charge in [0, 0.05) is 21.0 Å². The maximum Gasteiger partial charge on any atom is 0.601 e.